The number of carbonyl (C=O) groups excluding carboxylic acids is 2. The van der Waals surface area contributed by atoms with Gasteiger partial charge in [-0.1, -0.05) is 42.5 Å². The first kappa shape index (κ1) is 14.7. The molecular weight excluding hydrogens is 311 g/mol. The normalized spacial score (nSPS) is 21.0. The fourth-order valence-corrected chi connectivity index (χ4v) is 3.66. The van der Waals surface area contributed by atoms with Crippen LogP contribution in [-0.2, 0) is 11.3 Å². The fraction of sp³-hybridized carbons (Fsp3) is 0.467. The van der Waals surface area contributed by atoms with Crippen LogP contribution in [0.2, 0.25) is 10.0 Å². The molecule has 6 heteroatoms. The van der Waals surface area contributed by atoms with E-state index in [-0.39, 0.29) is 11.9 Å². The van der Waals surface area contributed by atoms with Gasteiger partial charge in [-0.05, 0) is 36.6 Å². The highest BCUT2D eigenvalue weighted by molar-refractivity contribution is 6.33. The van der Waals surface area contributed by atoms with E-state index in [0.717, 1.165) is 24.8 Å². The highest BCUT2D eigenvalue weighted by atomic mass is 35.5. The summed E-state index contributed by atoms with van der Waals surface area (Å²) in [5.74, 6) is -0.176. The lowest BCUT2D eigenvalue weighted by Gasteiger charge is -2.38. The van der Waals surface area contributed by atoms with E-state index >= 15 is 0 Å². The van der Waals surface area contributed by atoms with Crippen molar-refractivity contribution >= 4 is 35.1 Å². The van der Waals surface area contributed by atoms with Gasteiger partial charge in [0.15, 0.2) is 0 Å². The summed E-state index contributed by atoms with van der Waals surface area (Å²) >= 11 is 12.2. The van der Waals surface area contributed by atoms with Crippen LogP contribution >= 0.6 is 23.2 Å². The molecule has 0 radical (unpaired) electrons. The second-order valence-electron chi connectivity index (χ2n) is 5.67. The van der Waals surface area contributed by atoms with Gasteiger partial charge < -0.3 is 4.90 Å². The molecule has 1 aromatic rings. The first-order valence-electron chi connectivity index (χ1n) is 7.10. The highest BCUT2D eigenvalue weighted by Crippen LogP contribution is 2.38. The van der Waals surface area contributed by atoms with Crippen LogP contribution in [0.4, 0.5) is 4.79 Å². The van der Waals surface area contributed by atoms with E-state index in [2.05, 4.69) is 5.32 Å². The van der Waals surface area contributed by atoms with Crippen LogP contribution in [-0.4, -0.2) is 22.4 Å². The Labute approximate surface area is 133 Å². The minimum absolute atomic E-state index is 0.176. The van der Waals surface area contributed by atoms with Gasteiger partial charge in [0.05, 0.1) is 6.54 Å². The molecule has 21 heavy (non-hydrogen) atoms. The molecule has 0 unspecified atom stereocenters. The molecule has 1 saturated heterocycles. The van der Waals surface area contributed by atoms with E-state index in [1.807, 2.05) is 0 Å². The number of hydrogen-bond acceptors (Lipinski definition) is 2. The number of carbonyl (C=O) groups is 2. The Morgan fingerprint density at radius 2 is 1.86 bits per heavy atom. The number of halogens is 2. The maximum absolute atomic E-state index is 12.3. The molecule has 2 fully saturated rings. The molecule has 0 atom stereocenters. The zero-order valence-electron chi connectivity index (χ0n) is 11.5. The molecule has 1 N–H and O–H groups in total. The largest absolute Gasteiger partial charge is 0.325 e. The monoisotopic (exact) mass is 326 g/mol. The summed E-state index contributed by atoms with van der Waals surface area (Å²) < 4.78 is 0. The lowest BCUT2D eigenvalue weighted by atomic mass is 9.80. The van der Waals surface area contributed by atoms with E-state index in [1.54, 1.807) is 23.1 Å². The molecule has 1 aliphatic heterocycles. The predicted octanol–water partition coefficient (Wildman–Crippen LogP) is 3.75. The quantitative estimate of drug-likeness (QED) is 0.841. The zero-order valence-corrected chi connectivity index (χ0v) is 13.0. The Balaban J connectivity index is 1.93. The molecule has 0 aromatic heterocycles. The lowest BCUT2D eigenvalue weighted by Crippen LogP contribution is -2.50. The van der Waals surface area contributed by atoms with Gasteiger partial charge in [0, 0.05) is 10.0 Å². The Bertz CT molecular complexity index is 597. The third-order valence-corrected chi connectivity index (χ3v) is 5.03. The van der Waals surface area contributed by atoms with Gasteiger partial charge in [-0.15, -0.1) is 0 Å². The molecule has 112 valence electrons. The van der Waals surface area contributed by atoms with Crippen LogP contribution in [0.15, 0.2) is 18.2 Å². The maximum Gasteiger partial charge on any atom is 0.325 e. The number of hydrogen-bond donors (Lipinski definition) is 1. The minimum atomic E-state index is -0.707. The van der Waals surface area contributed by atoms with Crippen molar-refractivity contribution in [2.75, 3.05) is 0 Å². The number of nitrogens with one attached hydrogen (secondary N) is 1. The Kier molecular flexibility index (Phi) is 3.84. The van der Waals surface area contributed by atoms with Crippen molar-refractivity contribution in [2.24, 2.45) is 0 Å². The van der Waals surface area contributed by atoms with Crippen molar-refractivity contribution in [2.45, 2.75) is 44.2 Å². The summed E-state index contributed by atoms with van der Waals surface area (Å²) in [5, 5.41) is 3.57. The second kappa shape index (κ2) is 5.50. The molecule has 1 heterocycles. The summed E-state index contributed by atoms with van der Waals surface area (Å²) in [5.41, 5.74) is 0.0556. The lowest BCUT2D eigenvalue weighted by molar-refractivity contribution is -0.128. The average molecular weight is 327 g/mol. The van der Waals surface area contributed by atoms with Crippen molar-refractivity contribution in [3.05, 3.63) is 33.8 Å². The molecule has 3 rings (SSSR count). The van der Waals surface area contributed by atoms with Gasteiger partial charge >= 0.3 is 6.03 Å². The average Bonchev–Trinajstić information content (AvgIpc) is 2.68. The van der Waals surface area contributed by atoms with E-state index in [9.17, 15) is 9.59 Å². The van der Waals surface area contributed by atoms with Crippen molar-refractivity contribution in [3.63, 3.8) is 0 Å². The van der Waals surface area contributed by atoms with Crippen LogP contribution in [0.25, 0.3) is 0 Å². The minimum Gasteiger partial charge on any atom is -0.305 e. The first-order chi connectivity index (χ1) is 10.0. The summed E-state index contributed by atoms with van der Waals surface area (Å²) in [4.78, 5) is 26.1. The van der Waals surface area contributed by atoms with E-state index in [0.29, 0.717) is 29.4 Å². The standard InChI is InChI=1S/C15H16Cl2N2O2/c16-11-4-5-12(17)10(8-11)9-19-14(21)18-13(20)15(19)6-2-1-3-7-15/h4-5,8H,1-3,6-7,9H2,(H,18,20,21). The third kappa shape index (κ3) is 2.51. The van der Waals surface area contributed by atoms with Crippen LogP contribution in [0.5, 0.6) is 0 Å². The molecule has 0 bridgehead atoms. The number of nitrogens with zero attached hydrogens (tertiary/aromatic N) is 1. The molecule has 1 aromatic carbocycles. The molecule has 1 saturated carbocycles. The van der Waals surface area contributed by atoms with E-state index < -0.39 is 5.54 Å². The van der Waals surface area contributed by atoms with Gasteiger partial charge in [-0.3, -0.25) is 10.1 Å². The van der Waals surface area contributed by atoms with Gasteiger partial charge in [-0.2, -0.15) is 0 Å². The van der Waals surface area contributed by atoms with E-state index in [4.69, 9.17) is 23.2 Å². The molecule has 1 spiro atoms. The van der Waals surface area contributed by atoms with Crippen molar-refractivity contribution in [3.8, 4) is 0 Å². The predicted molar refractivity (Wildman–Crippen MR) is 81.4 cm³/mol. The van der Waals surface area contributed by atoms with Crippen LogP contribution in [0, 0.1) is 0 Å². The Morgan fingerprint density at radius 3 is 2.57 bits per heavy atom. The van der Waals surface area contributed by atoms with E-state index in [1.165, 1.54) is 0 Å². The van der Waals surface area contributed by atoms with Gasteiger partial charge in [-0.25, -0.2) is 4.79 Å². The summed E-state index contributed by atoms with van der Waals surface area (Å²) in [6, 6.07) is 4.83. The van der Waals surface area contributed by atoms with Gasteiger partial charge in [0.25, 0.3) is 5.91 Å². The van der Waals surface area contributed by atoms with Crippen molar-refractivity contribution < 1.29 is 9.59 Å². The second-order valence-corrected chi connectivity index (χ2v) is 6.52. The number of rotatable bonds is 2. The summed E-state index contributed by atoms with van der Waals surface area (Å²) in [6.07, 6.45) is 4.45. The number of imide groups is 1. The number of benzene rings is 1. The number of amides is 3. The summed E-state index contributed by atoms with van der Waals surface area (Å²) in [7, 11) is 0. The van der Waals surface area contributed by atoms with Crippen LogP contribution < -0.4 is 5.32 Å². The molecule has 3 amide bonds. The Morgan fingerprint density at radius 1 is 1.14 bits per heavy atom. The highest BCUT2D eigenvalue weighted by Gasteiger charge is 2.52. The first-order valence-corrected chi connectivity index (χ1v) is 7.85. The molecule has 2 aliphatic rings. The molecule has 4 nitrogen and oxygen atoms in total. The van der Waals surface area contributed by atoms with Gasteiger partial charge in [0.2, 0.25) is 0 Å². The fourth-order valence-electron chi connectivity index (χ4n) is 3.29. The van der Waals surface area contributed by atoms with Crippen LogP contribution in [0.3, 0.4) is 0 Å². The third-order valence-electron chi connectivity index (χ3n) is 4.42. The Hall–Kier alpha value is -1.26. The summed E-state index contributed by atoms with van der Waals surface area (Å²) in [6.45, 7) is 0.303. The zero-order chi connectivity index (χ0) is 15.0. The molecular formula is C15H16Cl2N2O2. The van der Waals surface area contributed by atoms with Gasteiger partial charge in [0.1, 0.15) is 5.54 Å². The smallest absolute Gasteiger partial charge is 0.305 e. The van der Waals surface area contributed by atoms with Crippen molar-refractivity contribution in [1.82, 2.24) is 10.2 Å². The number of urea groups is 1. The van der Waals surface area contributed by atoms with Crippen molar-refractivity contribution in [1.29, 1.82) is 0 Å². The van der Waals surface area contributed by atoms with Crippen LogP contribution in [0.1, 0.15) is 37.7 Å². The SMILES string of the molecule is O=C1NC(=O)C2(CCCCC2)N1Cc1cc(Cl)ccc1Cl. The maximum atomic E-state index is 12.3. The topological polar surface area (TPSA) is 49.4 Å². The molecule has 1 aliphatic carbocycles.